The fraction of sp³-hybridized carbons (Fsp3) is 0.350. The number of hydrogen-bond donors (Lipinski definition) is 3. The van der Waals surface area contributed by atoms with Crippen molar-refractivity contribution >= 4 is 17.2 Å². The molecule has 0 aliphatic carbocycles. The Hall–Kier alpha value is -2.35. The molecule has 0 fully saturated rings. The van der Waals surface area contributed by atoms with Crippen molar-refractivity contribution in [2.24, 2.45) is 7.05 Å². The molecule has 1 atom stereocenters. The Labute approximate surface area is 163 Å². The Morgan fingerprint density at radius 2 is 1.93 bits per heavy atom. The Balaban J connectivity index is 2.07. The standard InChI is InChI=1S/C20H25N4O2S/c1-13-17(9-10-25)27-20(18(26)15-7-5-4-6-8-15)24(13)12-16-11-23(3)14(2)22-19(16)21/h4-8,11,18,21,25-26H,9-10,12H2,1-3H3/q+1/p+1. The van der Waals surface area contributed by atoms with Gasteiger partial charge < -0.3 is 15.9 Å². The number of thiazole rings is 1. The van der Waals surface area contributed by atoms with Gasteiger partial charge in [-0.3, -0.25) is 0 Å². The number of aliphatic hydroxyl groups is 2. The lowest BCUT2D eigenvalue weighted by molar-refractivity contribution is -0.705. The summed E-state index contributed by atoms with van der Waals surface area (Å²) in [5.74, 6) is 1.33. The number of anilines is 1. The zero-order valence-electron chi connectivity index (χ0n) is 15.9. The normalized spacial score (nSPS) is 12.3. The molecular weight excluding hydrogens is 360 g/mol. The van der Waals surface area contributed by atoms with Crippen molar-refractivity contribution in [1.29, 1.82) is 0 Å². The molecular formula is C20H26N4O2S+2. The van der Waals surface area contributed by atoms with Crippen molar-refractivity contribution in [1.82, 2.24) is 4.98 Å². The van der Waals surface area contributed by atoms with Crippen LogP contribution in [0.1, 0.15) is 38.6 Å². The van der Waals surface area contributed by atoms with Gasteiger partial charge in [-0.15, -0.1) is 0 Å². The number of rotatable bonds is 6. The lowest BCUT2D eigenvalue weighted by Crippen LogP contribution is -2.43. The van der Waals surface area contributed by atoms with E-state index in [2.05, 4.69) is 9.55 Å². The minimum atomic E-state index is -0.740. The lowest BCUT2D eigenvalue weighted by Gasteiger charge is -2.08. The third-order valence-electron chi connectivity index (χ3n) is 4.79. The molecule has 0 aliphatic rings. The maximum Gasteiger partial charge on any atom is 0.297 e. The molecule has 0 spiro atoms. The minimum absolute atomic E-state index is 0.0748. The SMILES string of the molecule is Cc1nc(N)c(C[n+]2c(C(O)c3ccccc3)sc(CCO)c2C)c[n+]1C. The summed E-state index contributed by atoms with van der Waals surface area (Å²) in [6, 6.07) is 9.59. The number of aromatic nitrogens is 3. The fourth-order valence-corrected chi connectivity index (χ4v) is 4.36. The Morgan fingerprint density at radius 3 is 2.59 bits per heavy atom. The second-order valence-electron chi connectivity index (χ2n) is 6.63. The molecule has 0 saturated carbocycles. The van der Waals surface area contributed by atoms with Gasteiger partial charge in [-0.05, 0) is 10.5 Å². The molecule has 2 aromatic heterocycles. The van der Waals surface area contributed by atoms with Crippen molar-refractivity contribution < 1.29 is 19.3 Å². The monoisotopic (exact) mass is 386 g/mol. The molecule has 0 bridgehead atoms. The molecule has 4 N–H and O–H groups in total. The summed E-state index contributed by atoms with van der Waals surface area (Å²) in [5, 5.41) is 21.2. The molecule has 142 valence electrons. The highest BCUT2D eigenvalue weighted by Crippen LogP contribution is 2.28. The predicted molar refractivity (Wildman–Crippen MR) is 104 cm³/mol. The first kappa shape index (κ1) is 19.4. The third-order valence-corrected chi connectivity index (χ3v) is 6.19. The summed E-state index contributed by atoms with van der Waals surface area (Å²) in [5.41, 5.74) is 8.91. The van der Waals surface area contributed by atoms with E-state index in [0.29, 0.717) is 18.8 Å². The number of aliphatic hydroxyl groups excluding tert-OH is 2. The fourth-order valence-electron chi connectivity index (χ4n) is 3.09. The highest BCUT2D eigenvalue weighted by Gasteiger charge is 2.31. The van der Waals surface area contributed by atoms with E-state index in [4.69, 9.17) is 5.73 Å². The summed E-state index contributed by atoms with van der Waals surface area (Å²) in [4.78, 5) is 5.46. The average Bonchev–Trinajstić information content (AvgIpc) is 2.96. The molecule has 3 aromatic rings. The van der Waals surface area contributed by atoms with Gasteiger partial charge in [0.15, 0.2) is 18.3 Å². The van der Waals surface area contributed by atoms with E-state index < -0.39 is 6.10 Å². The van der Waals surface area contributed by atoms with E-state index in [9.17, 15) is 10.2 Å². The van der Waals surface area contributed by atoms with Crippen LogP contribution in [0.5, 0.6) is 0 Å². The van der Waals surface area contributed by atoms with Gasteiger partial charge in [0.05, 0.1) is 11.9 Å². The van der Waals surface area contributed by atoms with Gasteiger partial charge in [-0.25, -0.2) is 4.57 Å². The smallest absolute Gasteiger partial charge is 0.297 e. The molecule has 3 rings (SSSR count). The number of nitrogens with zero attached hydrogens (tertiary/aromatic N) is 3. The van der Waals surface area contributed by atoms with Crippen LogP contribution < -0.4 is 14.9 Å². The molecule has 27 heavy (non-hydrogen) atoms. The van der Waals surface area contributed by atoms with E-state index in [1.165, 1.54) is 11.3 Å². The van der Waals surface area contributed by atoms with Crippen LogP contribution in [0.2, 0.25) is 0 Å². The van der Waals surface area contributed by atoms with Crippen LogP contribution >= 0.6 is 11.3 Å². The molecule has 7 heteroatoms. The number of nitrogen functional groups attached to an aromatic ring is 1. The first-order chi connectivity index (χ1) is 12.9. The largest absolute Gasteiger partial charge is 0.396 e. The number of aryl methyl sites for hydroxylation is 2. The van der Waals surface area contributed by atoms with Crippen LogP contribution in [0.4, 0.5) is 5.82 Å². The highest BCUT2D eigenvalue weighted by atomic mass is 32.1. The lowest BCUT2D eigenvalue weighted by atomic mass is 10.1. The van der Waals surface area contributed by atoms with Crippen molar-refractivity contribution in [2.45, 2.75) is 32.9 Å². The molecule has 1 unspecified atom stereocenters. The van der Waals surface area contributed by atoms with Crippen LogP contribution in [0.3, 0.4) is 0 Å². The molecule has 2 heterocycles. The molecule has 6 nitrogen and oxygen atoms in total. The maximum absolute atomic E-state index is 11.0. The van der Waals surface area contributed by atoms with Crippen molar-refractivity contribution in [3.63, 3.8) is 0 Å². The first-order valence-electron chi connectivity index (χ1n) is 8.89. The molecule has 0 radical (unpaired) electrons. The van der Waals surface area contributed by atoms with Gasteiger partial charge in [0.1, 0.15) is 11.8 Å². The van der Waals surface area contributed by atoms with E-state index in [-0.39, 0.29) is 6.61 Å². The van der Waals surface area contributed by atoms with Crippen molar-refractivity contribution in [3.8, 4) is 0 Å². The zero-order chi connectivity index (χ0) is 19.6. The third kappa shape index (κ3) is 4.00. The van der Waals surface area contributed by atoms with E-state index in [1.54, 1.807) is 0 Å². The summed E-state index contributed by atoms with van der Waals surface area (Å²) in [7, 11) is 1.94. The highest BCUT2D eigenvalue weighted by molar-refractivity contribution is 7.11. The van der Waals surface area contributed by atoms with Crippen molar-refractivity contribution in [3.05, 3.63) is 69.1 Å². The summed E-state index contributed by atoms with van der Waals surface area (Å²) >= 11 is 1.53. The van der Waals surface area contributed by atoms with Crippen LogP contribution in [0.15, 0.2) is 36.5 Å². The Kier molecular flexibility index (Phi) is 5.84. The van der Waals surface area contributed by atoms with Crippen LogP contribution in [-0.2, 0) is 20.0 Å². The number of benzene rings is 1. The van der Waals surface area contributed by atoms with Crippen LogP contribution in [0.25, 0.3) is 0 Å². The molecule has 0 amide bonds. The minimum Gasteiger partial charge on any atom is -0.396 e. The molecule has 1 aromatic carbocycles. The number of hydrogen-bond acceptors (Lipinski definition) is 5. The topological polar surface area (TPSA) is 87.1 Å². The van der Waals surface area contributed by atoms with E-state index in [0.717, 1.165) is 32.5 Å². The van der Waals surface area contributed by atoms with Crippen molar-refractivity contribution in [2.75, 3.05) is 12.3 Å². The zero-order valence-corrected chi connectivity index (χ0v) is 16.7. The van der Waals surface area contributed by atoms with E-state index in [1.807, 2.05) is 62.0 Å². The second-order valence-corrected chi connectivity index (χ2v) is 7.75. The van der Waals surface area contributed by atoms with Gasteiger partial charge >= 0.3 is 0 Å². The number of nitrogens with two attached hydrogens (primary N) is 1. The Morgan fingerprint density at radius 1 is 1.22 bits per heavy atom. The quantitative estimate of drug-likeness (QED) is 0.554. The van der Waals surface area contributed by atoms with Gasteiger partial charge in [-0.2, -0.15) is 4.57 Å². The summed E-state index contributed by atoms with van der Waals surface area (Å²) in [6.07, 6.45) is 1.80. The first-order valence-corrected chi connectivity index (χ1v) is 9.71. The second kappa shape index (κ2) is 8.12. The summed E-state index contributed by atoms with van der Waals surface area (Å²) in [6.45, 7) is 4.51. The predicted octanol–water partition coefficient (Wildman–Crippen LogP) is 1.12. The summed E-state index contributed by atoms with van der Waals surface area (Å²) < 4.78 is 4.02. The van der Waals surface area contributed by atoms with Crippen LogP contribution in [0, 0.1) is 13.8 Å². The van der Waals surface area contributed by atoms with Gasteiger partial charge in [-0.1, -0.05) is 41.7 Å². The van der Waals surface area contributed by atoms with Gasteiger partial charge in [0.25, 0.3) is 16.6 Å². The Bertz CT molecular complexity index is 941. The van der Waals surface area contributed by atoms with Crippen LogP contribution in [-0.4, -0.2) is 21.8 Å². The molecule has 0 aliphatic heterocycles. The maximum atomic E-state index is 11.0. The molecule has 0 saturated heterocycles. The van der Waals surface area contributed by atoms with E-state index >= 15 is 0 Å². The average molecular weight is 387 g/mol. The van der Waals surface area contributed by atoms with Gasteiger partial charge in [0, 0.05) is 26.9 Å². The van der Waals surface area contributed by atoms with Gasteiger partial charge in [0.2, 0.25) is 0 Å².